The molecule has 0 radical (unpaired) electrons. The molecule has 2 aliphatic heterocycles. The smallest absolute Gasteiger partial charge is 0.236 e. The molecule has 1 saturated heterocycles. The summed E-state index contributed by atoms with van der Waals surface area (Å²) in [5.41, 5.74) is -0.542. The van der Waals surface area contributed by atoms with Gasteiger partial charge in [0.25, 0.3) is 0 Å². The van der Waals surface area contributed by atoms with Crippen molar-refractivity contribution in [3.05, 3.63) is 12.1 Å². The Kier molecular flexibility index (Phi) is 4.24. The van der Waals surface area contributed by atoms with E-state index in [0.29, 0.717) is 32.5 Å². The summed E-state index contributed by atoms with van der Waals surface area (Å²) in [4.78, 5) is 4.28. The van der Waals surface area contributed by atoms with E-state index in [-0.39, 0.29) is 35.6 Å². The Balaban J connectivity index is 1.97. The van der Waals surface area contributed by atoms with Crippen molar-refractivity contribution in [2.75, 3.05) is 32.2 Å². The van der Waals surface area contributed by atoms with Crippen LogP contribution in [0.4, 0.5) is 0 Å². The first kappa shape index (κ1) is 15.5. The Morgan fingerprint density at radius 3 is 2.77 bits per heavy atom. The fourth-order valence-corrected chi connectivity index (χ4v) is 4.22. The van der Waals surface area contributed by atoms with Gasteiger partial charge in [0.2, 0.25) is 11.8 Å². The lowest BCUT2D eigenvalue weighted by Crippen LogP contribution is -2.42. The highest BCUT2D eigenvalue weighted by Gasteiger charge is 2.41. The fraction of sp³-hybridized carbons (Fsp3) is 0.643. The number of rotatable bonds is 3. The van der Waals surface area contributed by atoms with Gasteiger partial charge in [-0.2, -0.15) is 4.98 Å². The van der Waals surface area contributed by atoms with Crippen LogP contribution in [0, 0.1) is 0 Å². The summed E-state index contributed by atoms with van der Waals surface area (Å²) >= 11 is 0. The topological polar surface area (TPSA) is 95.0 Å². The molecule has 0 saturated carbocycles. The summed E-state index contributed by atoms with van der Waals surface area (Å²) in [6.07, 6.45) is 1.72. The first-order valence-corrected chi connectivity index (χ1v) is 8.94. The molecule has 0 aromatic carbocycles. The number of fused-ring (bicyclic) bond motifs is 1. The predicted octanol–water partition coefficient (Wildman–Crippen LogP) is 0.558. The highest BCUT2D eigenvalue weighted by Crippen LogP contribution is 2.38. The van der Waals surface area contributed by atoms with Gasteiger partial charge in [-0.3, -0.25) is 0 Å². The van der Waals surface area contributed by atoms with E-state index in [1.807, 2.05) is 0 Å². The van der Waals surface area contributed by atoms with Crippen molar-refractivity contribution >= 4 is 9.84 Å². The second-order valence-electron chi connectivity index (χ2n) is 5.49. The molecule has 0 atom stereocenters. The molecule has 122 valence electrons. The number of hydrogen-bond donors (Lipinski definition) is 1. The predicted molar refractivity (Wildman–Crippen MR) is 76.9 cm³/mol. The van der Waals surface area contributed by atoms with Crippen molar-refractivity contribution in [3.8, 4) is 11.8 Å². The monoisotopic (exact) mass is 329 g/mol. The Morgan fingerprint density at radius 2 is 2.05 bits per heavy atom. The van der Waals surface area contributed by atoms with E-state index >= 15 is 0 Å². The first-order valence-electron chi connectivity index (χ1n) is 7.29. The molecule has 3 heterocycles. The van der Waals surface area contributed by atoms with Crippen LogP contribution in [0.1, 0.15) is 19.3 Å². The summed E-state index contributed by atoms with van der Waals surface area (Å²) in [5.74, 6) is 0.375. The maximum absolute atomic E-state index is 12.4. The Morgan fingerprint density at radius 1 is 1.27 bits per heavy atom. The molecule has 1 spiro atoms. The maximum Gasteiger partial charge on any atom is 0.236 e. The van der Waals surface area contributed by atoms with Crippen molar-refractivity contribution in [2.24, 2.45) is 0 Å². The third-order valence-electron chi connectivity index (χ3n) is 4.02. The molecular weight excluding hydrogens is 310 g/mol. The van der Waals surface area contributed by atoms with Crippen LogP contribution < -0.4 is 9.47 Å². The number of sulfone groups is 1. The van der Waals surface area contributed by atoms with Gasteiger partial charge >= 0.3 is 0 Å². The van der Waals surface area contributed by atoms with Crippen LogP contribution in [-0.2, 0) is 14.6 Å². The molecule has 0 amide bonds. The van der Waals surface area contributed by atoms with Crippen LogP contribution in [0.3, 0.4) is 0 Å². The second kappa shape index (κ2) is 6.02. The number of hydrogen-bond acceptors (Lipinski definition) is 7. The summed E-state index contributed by atoms with van der Waals surface area (Å²) < 4.78 is 41.5. The normalized spacial score (nSPS) is 22.4. The minimum Gasteiger partial charge on any atom is -0.475 e. The third kappa shape index (κ3) is 3.04. The molecule has 7 nitrogen and oxygen atoms in total. The quantitative estimate of drug-likeness (QED) is 0.865. The van der Waals surface area contributed by atoms with Gasteiger partial charge in [-0.1, -0.05) is 0 Å². The van der Waals surface area contributed by atoms with Crippen LogP contribution in [0.5, 0.6) is 11.8 Å². The highest BCUT2D eigenvalue weighted by molar-refractivity contribution is 7.91. The van der Waals surface area contributed by atoms with E-state index in [1.54, 1.807) is 0 Å². The fourth-order valence-electron chi connectivity index (χ4n) is 2.73. The third-order valence-corrected chi connectivity index (χ3v) is 5.74. The number of aliphatic hydroxyl groups is 1. The van der Waals surface area contributed by atoms with E-state index in [0.717, 1.165) is 0 Å². The summed E-state index contributed by atoms with van der Waals surface area (Å²) in [6, 6.07) is 2.94. The molecule has 0 unspecified atom stereocenters. The molecule has 0 aliphatic carbocycles. The van der Waals surface area contributed by atoms with Crippen molar-refractivity contribution in [2.45, 2.75) is 29.8 Å². The van der Waals surface area contributed by atoms with Gasteiger partial charge in [-0.25, -0.2) is 8.42 Å². The molecule has 0 bridgehead atoms. The lowest BCUT2D eigenvalue weighted by Gasteiger charge is -2.35. The Bertz CT molecular complexity index is 639. The summed E-state index contributed by atoms with van der Waals surface area (Å²) in [5, 5.41) is 8.80. The standard InChI is InChI=1S/C14H19NO6S/c16-6-9-20-12-2-1-11-13(15-12)21-14(3-7-19-8-4-14)5-10-22(11,17)18/h1-2,16H,3-10H2. The second-order valence-corrected chi connectivity index (χ2v) is 7.57. The first-order chi connectivity index (χ1) is 10.5. The van der Waals surface area contributed by atoms with E-state index in [9.17, 15) is 8.42 Å². The maximum atomic E-state index is 12.4. The minimum absolute atomic E-state index is 0.0402. The van der Waals surface area contributed by atoms with Crippen LogP contribution in [0.2, 0.25) is 0 Å². The summed E-state index contributed by atoms with van der Waals surface area (Å²) in [7, 11) is -3.42. The molecule has 2 aliphatic rings. The van der Waals surface area contributed by atoms with Crippen LogP contribution in [0.15, 0.2) is 17.0 Å². The van der Waals surface area contributed by atoms with Crippen molar-refractivity contribution in [3.63, 3.8) is 0 Å². The summed E-state index contributed by atoms with van der Waals surface area (Å²) in [6.45, 7) is 1.06. The van der Waals surface area contributed by atoms with E-state index in [4.69, 9.17) is 19.3 Å². The van der Waals surface area contributed by atoms with Crippen LogP contribution >= 0.6 is 0 Å². The van der Waals surface area contributed by atoms with E-state index < -0.39 is 15.4 Å². The van der Waals surface area contributed by atoms with Crippen molar-refractivity contribution in [1.82, 2.24) is 4.98 Å². The molecule has 22 heavy (non-hydrogen) atoms. The highest BCUT2D eigenvalue weighted by atomic mass is 32.2. The molecule has 1 N–H and O–H groups in total. The van der Waals surface area contributed by atoms with Gasteiger partial charge in [0, 0.05) is 25.3 Å². The molecule has 8 heteroatoms. The lowest BCUT2D eigenvalue weighted by atomic mass is 9.91. The van der Waals surface area contributed by atoms with Gasteiger partial charge in [0.15, 0.2) is 9.84 Å². The molecule has 1 aromatic heterocycles. The Labute approximate surface area is 129 Å². The van der Waals surface area contributed by atoms with Gasteiger partial charge in [-0.05, 0) is 6.07 Å². The van der Waals surface area contributed by atoms with E-state index in [1.165, 1.54) is 12.1 Å². The van der Waals surface area contributed by atoms with Gasteiger partial charge in [-0.15, -0.1) is 0 Å². The number of aromatic nitrogens is 1. The molecular formula is C14H19NO6S. The SMILES string of the molecule is O=S1(=O)CCC2(CCOCC2)Oc2nc(OCCO)ccc21. The zero-order chi connectivity index (χ0) is 15.6. The van der Waals surface area contributed by atoms with Gasteiger partial charge in [0.1, 0.15) is 17.1 Å². The van der Waals surface area contributed by atoms with E-state index in [2.05, 4.69) is 4.98 Å². The van der Waals surface area contributed by atoms with Gasteiger partial charge in [0.05, 0.1) is 25.6 Å². The van der Waals surface area contributed by atoms with Crippen molar-refractivity contribution < 1.29 is 27.7 Å². The van der Waals surface area contributed by atoms with Crippen molar-refractivity contribution in [1.29, 1.82) is 0 Å². The number of nitrogens with zero attached hydrogens (tertiary/aromatic N) is 1. The zero-order valence-electron chi connectivity index (χ0n) is 12.2. The van der Waals surface area contributed by atoms with Crippen LogP contribution in [0.25, 0.3) is 0 Å². The average Bonchev–Trinajstić information content (AvgIpc) is 2.61. The number of aliphatic hydroxyl groups excluding tert-OH is 1. The largest absolute Gasteiger partial charge is 0.475 e. The zero-order valence-corrected chi connectivity index (χ0v) is 13.0. The van der Waals surface area contributed by atoms with Crippen LogP contribution in [-0.4, -0.2) is 56.3 Å². The molecule has 1 fully saturated rings. The Hall–Kier alpha value is -1.38. The number of pyridine rings is 1. The molecule has 1 aromatic rings. The molecule has 3 rings (SSSR count). The lowest BCUT2D eigenvalue weighted by molar-refractivity contribution is -0.0501. The number of ether oxygens (including phenoxy) is 3. The van der Waals surface area contributed by atoms with Gasteiger partial charge < -0.3 is 19.3 Å². The minimum atomic E-state index is -3.42. The average molecular weight is 329 g/mol.